The van der Waals surface area contributed by atoms with E-state index in [0.29, 0.717) is 24.4 Å². The second-order valence-corrected chi connectivity index (χ2v) is 6.52. The van der Waals surface area contributed by atoms with Gasteiger partial charge < -0.3 is 10.1 Å². The maximum atomic E-state index is 12.4. The molecule has 2 rings (SSSR count). The molecule has 0 atom stereocenters. The standard InChI is InChI=1S/C16H20N2O3S/c1-13-5-3-4-6-16(13)22(19,20)18-15-9-7-14(8-10-15)17-11-12-21-2/h3-10,17-18H,11-12H2,1-2H3. The summed E-state index contributed by atoms with van der Waals surface area (Å²) in [5, 5.41) is 3.17. The van der Waals surface area contributed by atoms with Crippen LogP contribution in [0, 0.1) is 6.92 Å². The van der Waals surface area contributed by atoms with Gasteiger partial charge >= 0.3 is 0 Å². The fourth-order valence-electron chi connectivity index (χ4n) is 2.02. The van der Waals surface area contributed by atoms with Crippen molar-refractivity contribution >= 4 is 21.4 Å². The van der Waals surface area contributed by atoms with E-state index in [9.17, 15) is 8.42 Å². The first-order valence-corrected chi connectivity index (χ1v) is 8.42. The molecule has 0 bridgehead atoms. The van der Waals surface area contributed by atoms with Crippen LogP contribution in [0.3, 0.4) is 0 Å². The molecule has 22 heavy (non-hydrogen) atoms. The van der Waals surface area contributed by atoms with Gasteiger partial charge in [-0.2, -0.15) is 0 Å². The molecule has 0 heterocycles. The Hall–Kier alpha value is -2.05. The highest BCUT2D eigenvalue weighted by Crippen LogP contribution is 2.20. The Bertz CT molecular complexity index is 712. The predicted octanol–water partition coefficient (Wildman–Crippen LogP) is 2.85. The van der Waals surface area contributed by atoms with Crippen molar-refractivity contribution in [2.24, 2.45) is 0 Å². The first-order valence-electron chi connectivity index (χ1n) is 6.94. The summed E-state index contributed by atoms with van der Waals surface area (Å²) in [6, 6.07) is 14.0. The third-order valence-corrected chi connectivity index (χ3v) is 4.70. The summed E-state index contributed by atoms with van der Waals surface area (Å²) in [6.45, 7) is 3.09. The van der Waals surface area contributed by atoms with Crippen molar-refractivity contribution in [3.05, 3.63) is 54.1 Å². The molecule has 0 spiro atoms. The summed E-state index contributed by atoms with van der Waals surface area (Å²) in [7, 11) is -1.92. The molecule has 0 amide bonds. The van der Waals surface area contributed by atoms with Crippen molar-refractivity contribution in [3.8, 4) is 0 Å². The molecule has 0 unspecified atom stereocenters. The number of rotatable bonds is 7. The third-order valence-electron chi connectivity index (χ3n) is 3.16. The molecule has 2 N–H and O–H groups in total. The van der Waals surface area contributed by atoms with Crippen LogP contribution in [0.5, 0.6) is 0 Å². The number of methoxy groups -OCH3 is 1. The Morgan fingerprint density at radius 1 is 1.00 bits per heavy atom. The average molecular weight is 320 g/mol. The van der Waals surface area contributed by atoms with Gasteiger partial charge in [-0.15, -0.1) is 0 Å². The van der Waals surface area contributed by atoms with Crippen LogP contribution >= 0.6 is 0 Å². The molecule has 118 valence electrons. The Balaban J connectivity index is 2.09. The number of nitrogens with one attached hydrogen (secondary N) is 2. The molecule has 0 aromatic heterocycles. The average Bonchev–Trinajstić information content (AvgIpc) is 2.49. The maximum absolute atomic E-state index is 12.4. The van der Waals surface area contributed by atoms with Crippen molar-refractivity contribution in [2.45, 2.75) is 11.8 Å². The number of anilines is 2. The smallest absolute Gasteiger partial charge is 0.262 e. The fraction of sp³-hybridized carbons (Fsp3) is 0.250. The molecule has 0 saturated carbocycles. The van der Waals surface area contributed by atoms with Gasteiger partial charge in [0, 0.05) is 25.0 Å². The first-order chi connectivity index (χ1) is 10.5. The van der Waals surface area contributed by atoms with Crippen molar-refractivity contribution in [2.75, 3.05) is 30.3 Å². The number of hydrogen-bond acceptors (Lipinski definition) is 4. The molecule has 5 nitrogen and oxygen atoms in total. The minimum Gasteiger partial charge on any atom is -0.383 e. The van der Waals surface area contributed by atoms with Crippen molar-refractivity contribution in [1.29, 1.82) is 0 Å². The Labute approximate surface area is 131 Å². The fourth-order valence-corrected chi connectivity index (χ4v) is 3.33. The van der Waals surface area contributed by atoms with Crippen LogP contribution in [-0.4, -0.2) is 28.7 Å². The van der Waals surface area contributed by atoms with E-state index in [1.807, 2.05) is 18.2 Å². The Morgan fingerprint density at radius 2 is 1.64 bits per heavy atom. The summed E-state index contributed by atoms with van der Waals surface area (Å²) < 4.78 is 32.3. The van der Waals surface area contributed by atoms with Crippen LogP contribution in [-0.2, 0) is 14.8 Å². The highest BCUT2D eigenvalue weighted by molar-refractivity contribution is 7.92. The molecule has 0 radical (unpaired) electrons. The summed E-state index contributed by atoms with van der Waals surface area (Å²) >= 11 is 0. The number of ether oxygens (including phenoxy) is 1. The van der Waals surface area contributed by atoms with Crippen LogP contribution in [0.4, 0.5) is 11.4 Å². The summed E-state index contributed by atoms with van der Waals surface area (Å²) in [6.07, 6.45) is 0. The molecular weight excluding hydrogens is 300 g/mol. The highest BCUT2D eigenvalue weighted by atomic mass is 32.2. The van der Waals surface area contributed by atoms with Gasteiger partial charge in [0.05, 0.1) is 11.5 Å². The van der Waals surface area contributed by atoms with E-state index in [4.69, 9.17) is 4.74 Å². The van der Waals surface area contributed by atoms with E-state index in [-0.39, 0.29) is 4.90 Å². The molecule has 0 aliphatic rings. The van der Waals surface area contributed by atoms with Gasteiger partial charge in [-0.25, -0.2) is 8.42 Å². The van der Waals surface area contributed by atoms with Gasteiger partial charge in [-0.3, -0.25) is 4.72 Å². The van der Waals surface area contributed by atoms with Crippen LogP contribution in [0.15, 0.2) is 53.4 Å². The molecule has 0 saturated heterocycles. The normalized spacial score (nSPS) is 11.2. The molecule has 0 aliphatic heterocycles. The van der Waals surface area contributed by atoms with E-state index in [1.165, 1.54) is 0 Å². The van der Waals surface area contributed by atoms with E-state index < -0.39 is 10.0 Å². The number of sulfonamides is 1. The number of aryl methyl sites for hydroxylation is 1. The topological polar surface area (TPSA) is 67.4 Å². The molecule has 6 heteroatoms. The number of hydrogen-bond donors (Lipinski definition) is 2. The highest BCUT2D eigenvalue weighted by Gasteiger charge is 2.16. The lowest BCUT2D eigenvalue weighted by Gasteiger charge is -2.11. The van der Waals surface area contributed by atoms with Gasteiger partial charge in [-0.1, -0.05) is 18.2 Å². The van der Waals surface area contributed by atoms with Crippen LogP contribution in [0.1, 0.15) is 5.56 Å². The Kier molecular flexibility index (Phi) is 5.41. The molecule has 2 aromatic carbocycles. The molecule has 2 aromatic rings. The summed E-state index contributed by atoms with van der Waals surface area (Å²) in [5.41, 5.74) is 2.16. The zero-order valence-electron chi connectivity index (χ0n) is 12.7. The SMILES string of the molecule is COCCNc1ccc(NS(=O)(=O)c2ccccc2C)cc1. The van der Waals surface area contributed by atoms with Crippen LogP contribution in [0.25, 0.3) is 0 Å². The third kappa shape index (κ3) is 4.22. The van der Waals surface area contributed by atoms with Crippen LogP contribution in [0.2, 0.25) is 0 Å². The summed E-state index contributed by atoms with van der Waals surface area (Å²) in [5.74, 6) is 0. The maximum Gasteiger partial charge on any atom is 0.262 e. The lowest BCUT2D eigenvalue weighted by Crippen LogP contribution is -2.14. The van der Waals surface area contributed by atoms with Gasteiger partial charge in [0.2, 0.25) is 0 Å². The second kappa shape index (κ2) is 7.29. The van der Waals surface area contributed by atoms with Crippen LogP contribution < -0.4 is 10.0 Å². The molecule has 0 aliphatic carbocycles. The predicted molar refractivity (Wildman–Crippen MR) is 88.8 cm³/mol. The van der Waals surface area contributed by atoms with E-state index >= 15 is 0 Å². The van der Waals surface area contributed by atoms with Crippen molar-refractivity contribution in [1.82, 2.24) is 0 Å². The summed E-state index contributed by atoms with van der Waals surface area (Å²) in [4.78, 5) is 0.289. The minimum absolute atomic E-state index is 0.289. The molecular formula is C16H20N2O3S. The quantitative estimate of drug-likeness (QED) is 0.770. The van der Waals surface area contributed by atoms with E-state index in [2.05, 4.69) is 10.0 Å². The second-order valence-electron chi connectivity index (χ2n) is 4.87. The van der Waals surface area contributed by atoms with Gasteiger partial charge in [0.25, 0.3) is 10.0 Å². The van der Waals surface area contributed by atoms with E-state index in [0.717, 1.165) is 5.69 Å². The van der Waals surface area contributed by atoms with E-state index in [1.54, 1.807) is 44.4 Å². The Morgan fingerprint density at radius 3 is 2.27 bits per heavy atom. The lowest BCUT2D eigenvalue weighted by molar-refractivity contribution is 0.211. The minimum atomic E-state index is -3.57. The first kappa shape index (κ1) is 16.3. The van der Waals surface area contributed by atoms with Crippen molar-refractivity contribution in [3.63, 3.8) is 0 Å². The van der Waals surface area contributed by atoms with Gasteiger partial charge in [0.1, 0.15) is 0 Å². The number of benzene rings is 2. The van der Waals surface area contributed by atoms with Gasteiger partial charge in [-0.05, 0) is 42.8 Å². The largest absolute Gasteiger partial charge is 0.383 e. The monoisotopic (exact) mass is 320 g/mol. The van der Waals surface area contributed by atoms with Crippen molar-refractivity contribution < 1.29 is 13.2 Å². The van der Waals surface area contributed by atoms with Gasteiger partial charge in [0.15, 0.2) is 0 Å². The lowest BCUT2D eigenvalue weighted by atomic mass is 10.2. The molecule has 0 fully saturated rings. The zero-order valence-corrected chi connectivity index (χ0v) is 13.5. The zero-order chi connectivity index (χ0) is 16.0.